The van der Waals surface area contributed by atoms with Crippen molar-refractivity contribution in [2.75, 3.05) is 0 Å². The number of non-ortho nitro benzene ring substituents is 1. The molecule has 0 aliphatic heterocycles. The van der Waals surface area contributed by atoms with Crippen LogP contribution in [0.5, 0.6) is 0 Å². The van der Waals surface area contributed by atoms with Crippen LogP contribution in [0.2, 0.25) is 0 Å². The SMILES string of the molecule is O=[N+]([O-])c1ccc(/N=N/C(c2ccccc2)(c2ccccc2)c2ccccc2)c([N+](=O)[O-])c1. The number of benzene rings is 4. The fraction of sp³-hybridized carbons (Fsp3) is 0.0400. The molecule has 0 atom stereocenters. The first kappa shape index (κ1) is 21.5. The molecule has 0 N–H and O–H groups in total. The highest BCUT2D eigenvalue weighted by Crippen LogP contribution is 2.42. The second-order valence-corrected chi connectivity index (χ2v) is 7.20. The second-order valence-electron chi connectivity index (χ2n) is 7.20. The van der Waals surface area contributed by atoms with Crippen LogP contribution in [0.15, 0.2) is 119 Å². The van der Waals surface area contributed by atoms with Gasteiger partial charge < -0.3 is 0 Å². The van der Waals surface area contributed by atoms with E-state index in [0.29, 0.717) is 0 Å². The largest absolute Gasteiger partial charge is 0.303 e. The zero-order valence-corrected chi connectivity index (χ0v) is 17.3. The Morgan fingerprint density at radius 1 is 0.606 bits per heavy atom. The number of hydrogen-bond donors (Lipinski definition) is 0. The van der Waals surface area contributed by atoms with Gasteiger partial charge in [0.25, 0.3) is 5.69 Å². The molecule has 0 saturated carbocycles. The Morgan fingerprint density at radius 3 is 1.45 bits per heavy atom. The molecule has 0 amide bonds. The van der Waals surface area contributed by atoms with Crippen molar-refractivity contribution in [1.29, 1.82) is 0 Å². The smallest absolute Gasteiger partial charge is 0.258 e. The lowest BCUT2D eigenvalue weighted by molar-refractivity contribution is -0.393. The van der Waals surface area contributed by atoms with Crippen LogP contribution in [-0.2, 0) is 5.54 Å². The molecular weight excluding hydrogens is 420 g/mol. The van der Waals surface area contributed by atoms with Crippen LogP contribution in [0.25, 0.3) is 0 Å². The summed E-state index contributed by atoms with van der Waals surface area (Å²) in [5, 5.41) is 31.7. The predicted octanol–water partition coefficient (Wildman–Crippen LogP) is 6.58. The summed E-state index contributed by atoms with van der Waals surface area (Å²) in [6, 6.07) is 31.8. The molecule has 0 bridgehead atoms. The van der Waals surface area contributed by atoms with E-state index >= 15 is 0 Å². The monoisotopic (exact) mass is 438 g/mol. The number of hydrogen-bond acceptors (Lipinski definition) is 6. The second kappa shape index (κ2) is 9.19. The van der Waals surface area contributed by atoms with Crippen LogP contribution < -0.4 is 0 Å². The maximum atomic E-state index is 11.6. The number of nitro benzene ring substituents is 2. The summed E-state index contributed by atoms with van der Waals surface area (Å²) in [5.41, 5.74) is 0.399. The van der Waals surface area contributed by atoms with Crippen molar-refractivity contribution in [3.05, 3.63) is 146 Å². The Morgan fingerprint density at radius 2 is 1.06 bits per heavy atom. The van der Waals surface area contributed by atoms with E-state index in [-0.39, 0.29) is 11.4 Å². The van der Waals surface area contributed by atoms with E-state index in [0.717, 1.165) is 22.8 Å². The molecule has 0 radical (unpaired) electrons. The van der Waals surface area contributed by atoms with E-state index in [1.54, 1.807) is 0 Å². The summed E-state index contributed by atoms with van der Waals surface area (Å²) in [6.45, 7) is 0. The molecule has 0 aliphatic carbocycles. The van der Waals surface area contributed by atoms with E-state index < -0.39 is 21.1 Å². The summed E-state index contributed by atoms with van der Waals surface area (Å²) in [6.07, 6.45) is 0. The summed E-state index contributed by atoms with van der Waals surface area (Å²) >= 11 is 0. The Kier molecular flexibility index (Phi) is 5.99. The Labute approximate surface area is 189 Å². The lowest BCUT2D eigenvalue weighted by atomic mass is 9.78. The lowest BCUT2D eigenvalue weighted by Gasteiger charge is -2.30. The van der Waals surface area contributed by atoms with Crippen molar-refractivity contribution in [3.8, 4) is 0 Å². The quantitative estimate of drug-likeness (QED) is 0.140. The third-order valence-corrected chi connectivity index (χ3v) is 5.25. The van der Waals surface area contributed by atoms with Gasteiger partial charge in [0.2, 0.25) is 0 Å². The summed E-state index contributed by atoms with van der Waals surface area (Å²) < 4.78 is 0. The third kappa shape index (κ3) is 4.22. The standard InChI is InChI=1S/C25H18N4O4/c30-28(31)22-16-17-23(24(18-22)29(32)33)26-27-25(19-10-4-1-5-11-19,20-12-6-2-7-13-20)21-14-8-3-9-15-21/h1-18H/b27-26+. The minimum absolute atomic E-state index is 0.0715. The maximum absolute atomic E-state index is 11.6. The van der Waals surface area contributed by atoms with Gasteiger partial charge in [0, 0.05) is 6.07 Å². The van der Waals surface area contributed by atoms with Crippen molar-refractivity contribution >= 4 is 17.1 Å². The highest BCUT2D eigenvalue weighted by atomic mass is 16.6. The summed E-state index contributed by atoms with van der Waals surface area (Å²) in [4.78, 5) is 21.3. The summed E-state index contributed by atoms with van der Waals surface area (Å²) in [7, 11) is 0. The molecule has 162 valence electrons. The fourth-order valence-electron chi connectivity index (χ4n) is 3.70. The molecule has 4 rings (SSSR count). The number of nitro groups is 2. The van der Waals surface area contributed by atoms with Crippen molar-refractivity contribution in [2.45, 2.75) is 5.54 Å². The zero-order valence-electron chi connectivity index (χ0n) is 17.3. The molecule has 4 aromatic carbocycles. The van der Waals surface area contributed by atoms with Gasteiger partial charge in [-0.1, -0.05) is 91.0 Å². The first-order valence-electron chi connectivity index (χ1n) is 10.0. The number of nitrogens with zero attached hydrogens (tertiary/aromatic N) is 4. The van der Waals surface area contributed by atoms with Crippen LogP contribution in [0.3, 0.4) is 0 Å². The fourth-order valence-corrected chi connectivity index (χ4v) is 3.70. The van der Waals surface area contributed by atoms with E-state index in [1.165, 1.54) is 12.1 Å². The first-order chi connectivity index (χ1) is 16.0. The maximum Gasteiger partial charge on any atom is 0.303 e. The van der Waals surface area contributed by atoms with Crippen LogP contribution in [0.1, 0.15) is 16.7 Å². The number of azo groups is 1. The molecule has 8 nitrogen and oxygen atoms in total. The summed E-state index contributed by atoms with van der Waals surface area (Å²) in [5.74, 6) is 0. The highest BCUT2D eigenvalue weighted by molar-refractivity contribution is 5.62. The molecule has 4 aromatic rings. The first-order valence-corrected chi connectivity index (χ1v) is 10.0. The van der Waals surface area contributed by atoms with E-state index in [9.17, 15) is 20.2 Å². The van der Waals surface area contributed by atoms with Gasteiger partial charge in [-0.25, -0.2) is 0 Å². The molecule has 0 heterocycles. The molecule has 8 heteroatoms. The minimum Gasteiger partial charge on any atom is -0.258 e. The van der Waals surface area contributed by atoms with Crippen LogP contribution in [-0.4, -0.2) is 9.85 Å². The molecule has 0 saturated heterocycles. The van der Waals surface area contributed by atoms with Gasteiger partial charge >= 0.3 is 5.69 Å². The van der Waals surface area contributed by atoms with Crippen LogP contribution in [0, 0.1) is 20.2 Å². The van der Waals surface area contributed by atoms with Gasteiger partial charge in [0.1, 0.15) is 0 Å². The van der Waals surface area contributed by atoms with E-state index in [1.807, 2.05) is 91.0 Å². The Balaban J connectivity index is 1.98. The minimum atomic E-state index is -1.10. The average Bonchev–Trinajstić information content (AvgIpc) is 2.86. The topological polar surface area (TPSA) is 111 Å². The molecular formula is C25H18N4O4. The van der Waals surface area contributed by atoms with Crippen LogP contribution in [0.4, 0.5) is 17.1 Å². The highest BCUT2D eigenvalue weighted by Gasteiger charge is 2.37. The molecule has 0 aliphatic rings. The Hall–Kier alpha value is -4.72. The van der Waals surface area contributed by atoms with E-state index in [4.69, 9.17) is 5.11 Å². The predicted molar refractivity (Wildman–Crippen MR) is 123 cm³/mol. The Bertz CT molecular complexity index is 1210. The molecule has 0 spiro atoms. The molecule has 0 aromatic heterocycles. The van der Waals surface area contributed by atoms with E-state index in [2.05, 4.69) is 5.11 Å². The number of rotatable bonds is 7. The molecule has 0 unspecified atom stereocenters. The van der Waals surface area contributed by atoms with Gasteiger partial charge in [0.05, 0.1) is 15.9 Å². The zero-order chi connectivity index (χ0) is 23.3. The molecule has 33 heavy (non-hydrogen) atoms. The van der Waals surface area contributed by atoms with Crippen molar-refractivity contribution in [1.82, 2.24) is 0 Å². The van der Waals surface area contributed by atoms with Crippen molar-refractivity contribution in [2.24, 2.45) is 10.2 Å². The lowest BCUT2D eigenvalue weighted by Crippen LogP contribution is -2.26. The third-order valence-electron chi connectivity index (χ3n) is 5.25. The van der Waals surface area contributed by atoms with Crippen molar-refractivity contribution in [3.63, 3.8) is 0 Å². The van der Waals surface area contributed by atoms with Gasteiger partial charge in [-0.2, -0.15) is 5.11 Å². The van der Waals surface area contributed by atoms with Crippen LogP contribution >= 0.6 is 0 Å². The van der Waals surface area contributed by atoms with Gasteiger partial charge in [0.15, 0.2) is 11.2 Å². The van der Waals surface area contributed by atoms with Gasteiger partial charge in [-0.15, -0.1) is 5.11 Å². The normalized spacial score (nSPS) is 11.4. The van der Waals surface area contributed by atoms with Crippen molar-refractivity contribution < 1.29 is 9.85 Å². The van der Waals surface area contributed by atoms with Gasteiger partial charge in [-0.3, -0.25) is 20.2 Å². The average molecular weight is 438 g/mol. The van der Waals surface area contributed by atoms with Gasteiger partial charge in [-0.05, 0) is 22.8 Å². The molecule has 0 fully saturated rings.